The third-order valence-electron chi connectivity index (χ3n) is 6.08. The molecular formula is C22H34ClN5O6. The quantitative estimate of drug-likeness (QED) is 0.220. The van der Waals surface area contributed by atoms with E-state index in [0.717, 1.165) is 38.4 Å². The lowest BCUT2D eigenvalue weighted by molar-refractivity contribution is -0.384. The lowest BCUT2D eigenvalue weighted by Crippen LogP contribution is -2.36. The van der Waals surface area contributed by atoms with Gasteiger partial charge >= 0.3 is 17.6 Å². The van der Waals surface area contributed by atoms with Gasteiger partial charge in [0.15, 0.2) is 0 Å². The Morgan fingerprint density at radius 1 is 1.12 bits per heavy atom. The van der Waals surface area contributed by atoms with Crippen LogP contribution in [0.1, 0.15) is 64.2 Å². The van der Waals surface area contributed by atoms with E-state index < -0.39 is 4.92 Å². The van der Waals surface area contributed by atoms with Crippen LogP contribution in [0.15, 0.2) is 6.20 Å². The third-order valence-corrected chi connectivity index (χ3v) is 6.27. The highest BCUT2D eigenvalue weighted by Gasteiger charge is 2.30. The van der Waals surface area contributed by atoms with Crippen molar-refractivity contribution in [1.82, 2.24) is 15.3 Å². The Balaban J connectivity index is 0.000000287. The Morgan fingerprint density at radius 3 is 2.29 bits per heavy atom. The fourth-order valence-electron chi connectivity index (χ4n) is 4.29. The zero-order valence-electron chi connectivity index (χ0n) is 19.8. The highest BCUT2D eigenvalue weighted by Crippen LogP contribution is 2.33. The van der Waals surface area contributed by atoms with E-state index in [1.807, 2.05) is 0 Å². The number of ether oxygens (including phenoxy) is 2. The number of nitrogens with one attached hydrogen (secondary N) is 1. The van der Waals surface area contributed by atoms with Crippen molar-refractivity contribution in [1.29, 1.82) is 0 Å². The van der Waals surface area contributed by atoms with E-state index in [1.54, 1.807) is 4.90 Å². The summed E-state index contributed by atoms with van der Waals surface area (Å²) in [5.74, 6) is -0.327. The van der Waals surface area contributed by atoms with Crippen molar-refractivity contribution in [3.8, 4) is 0 Å². The first kappa shape index (κ1) is 27.7. The van der Waals surface area contributed by atoms with Crippen LogP contribution in [0, 0.1) is 10.1 Å². The average molecular weight is 500 g/mol. The van der Waals surface area contributed by atoms with E-state index in [1.165, 1.54) is 39.9 Å². The number of nitro groups is 1. The maximum atomic E-state index is 11.4. The zero-order valence-corrected chi connectivity index (χ0v) is 20.6. The molecule has 11 nitrogen and oxygen atoms in total. The van der Waals surface area contributed by atoms with Crippen LogP contribution in [-0.4, -0.2) is 66.2 Å². The van der Waals surface area contributed by atoms with Crippen LogP contribution in [-0.2, 0) is 19.1 Å². The van der Waals surface area contributed by atoms with Crippen molar-refractivity contribution in [2.45, 2.75) is 76.3 Å². The zero-order chi connectivity index (χ0) is 24.9. The van der Waals surface area contributed by atoms with Crippen molar-refractivity contribution >= 4 is 35.0 Å². The maximum Gasteiger partial charge on any atom is 0.329 e. The molecule has 34 heavy (non-hydrogen) atoms. The SMILES string of the molecule is COC(=O)CCN(c1nc(Cl)ncc1[N+](=O)[O-])C1CCCC1.COC(=O)CCNC1CCCC1. The molecule has 190 valence electrons. The number of aromatic nitrogens is 2. The Kier molecular flexibility index (Phi) is 12.0. The van der Waals surface area contributed by atoms with E-state index in [-0.39, 0.29) is 41.2 Å². The van der Waals surface area contributed by atoms with Crippen molar-refractivity contribution in [3.05, 3.63) is 21.6 Å². The molecule has 0 spiro atoms. The molecule has 1 aromatic rings. The summed E-state index contributed by atoms with van der Waals surface area (Å²) in [5, 5.41) is 14.5. The molecule has 3 rings (SSSR count). The van der Waals surface area contributed by atoms with Gasteiger partial charge in [0, 0.05) is 25.2 Å². The molecule has 2 saturated carbocycles. The maximum absolute atomic E-state index is 11.4. The molecule has 0 aliphatic heterocycles. The number of hydrogen-bond acceptors (Lipinski definition) is 10. The molecule has 0 atom stereocenters. The van der Waals surface area contributed by atoms with Gasteiger partial charge in [-0.1, -0.05) is 25.7 Å². The second kappa shape index (κ2) is 14.7. The predicted molar refractivity (Wildman–Crippen MR) is 127 cm³/mol. The number of halogens is 1. The van der Waals surface area contributed by atoms with Crippen LogP contribution in [0.3, 0.4) is 0 Å². The van der Waals surface area contributed by atoms with Crippen molar-refractivity contribution in [2.24, 2.45) is 0 Å². The Labute approximate surface area is 204 Å². The molecule has 2 aliphatic carbocycles. The van der Waals surface area contributed by atoms with Crippen LogP contribution in [0.25, 0.3) is 0 Å². The standard InChI is InChI=1S/C13H17ClN4O4.C9H17NO2/c1-22-11(19)6-7-17(9-4-2-3-5-9)12-10(18(20)21)8-15-13(14)16-12;1-12-9(11)6-7-10-8-4-2-3-5-8/h8-9H,2-7H2,1H3;8,10H,2-7H2,1H3. The Bertz CT molecular complexity index is 815. The fraction of sp³-hybridized carbons (Fsp3) is 0.727. The van der Waals surface area contributed by atoms with Gasteiger partial charge in [-0.2, -0.15) is 4.98 Å². The van der Waals surface area contributed by atoms with E-state index in [2.05, 4.69) is 24.8 Å². The van der Waals surface area contributed by atoms with E-state index in [4.69, 9.17) is 11.6 Å². The van der Waals surface area contributed by atoms with Crippen molar-refractivity contribution in [2.75, 3.05) is 32.2 Å². The Hall–Kier alpha value is -2.53. The topological polar surface area (TPSA) is 137 Å². The highest BCUT2D eigenvalue weighted by atomic mass is 35.5. The summed E-state index contributed by atoms with van der Waals surface area (Å²) in [5.41, 5.74) is -0.207. The molecule has 2 aliphatic rings. The van der Waals surface area contributed by atoms with E-state index in [0.29, 0.717) is 19.0 Å². The largest absolute Gasteiger partial charge is 0.469 e. The number of carbonyl (C=O) groups excluding carboxylic acids is 2. The Morgan fingerprint density at radius 2 is 1.71 bits per heavy atom. The minimum Gasteiger partial charge on any atom is -0.469 e. The van der Waals surface area contributed by atoms with Gasteiger partial charge < -0.3 is 19.7 Å². The molecule has 1 aromatic heterocycles. The summed E-state index contributed by atoms with van der Waals surface area (Å²) in [4.78, 5) is 42.3. The second-order valence-corrected chi connectivity index (χ2v) is 8.66. The minimum absolute atomic E-state index is 0.0540. The summed E-state index contributed by atoms with van der Waals surface area (Å²) in [6.45, 7) is 1.06. The monoisotopic (exact) mass is 499 g/mol. The number of esters is 2. The molecule has 0 amide bonds. The van der Waals surface area contributed by atoms with Gasteiger partial charge in [0.05, 0.1) is 32.0 Å². The first-order valence-corrected chi connectivity index (χ1v) is 12.0. The molecule has 1 N–H and O–H groups in total. The number of rotatable bonds is 10. The number of carbonyl (C=O) groups is 2. The van der Waals surface area contributed by atoms with Crippen LogP contribution in [0.2, 0.25) is 5.28 Å². The average Bonchev–Trinajstić information content (AvgIpc) is 3.54. The van der Waals surface area contributed by atoms with Gasteiger partial charge in [-0.05, 0) is 37.3 Å². The van der Waals surface area contributed by atoms with Gasteiger partial charge in [-0.15, -0.1) is 0 Å². The van der Waals surface area contributed by atoms with Crippen LogP contribution < -0.4 is 10.2 Å². The van der Waals surface area contributed by atoms with E-state index >= 15 is 0 Å². The van der Waals surface area contributed by atoms with Crippen LogP contribution >= 0.6 is 11.6 Å². The lowest BCUT2D eigenvalue weighted by Gasteiger charge is -2.29. The summed E-state index contributed by atoms with van der Waals surface area (Å²) >= 11 is 5.80. The van der Waals surface area contributed by atoms with E-state index in [9.17, 15) is 19.7 Å². The van der Waals surface area contributed by atoms with Crippen LogP contribution in [0.5, 0.6) is 0 Å². The lowest BCUT2D eigenvalue weighted by atomic mass is 10.2. The first-order chi connectivity index (χ1) is 16.3. The number of methoxy groups -OCH3 is 2. The number of hydrogen-bond donors (Lipinski definition) is 1. The summed E-state index contributed by atoms with van der Waals surface area (Å²) in [7, 11) is 2.74. The van der Waals surface area contributed by atoms with Crippen LogP contribution in [0.4, 0.5) is 11.5 Å². The fourth-order valence-corrected chi connectivity index (χ4v) is 4.42. The molecular weight excluding hydrogens is 466 g/mol. The molecule has 0 saturated heterocycles. The molecule has 0 aromatic carbocycles. The summed E-state index contributed by atoms with van der Waals surface area (Å²) in [6, 6.07) is 0.754. The van der Waals surface area contributed by atoms with Gasteiger partial charge in [0.25, 0.3) is 0 Å². The second-order valence-electron chi connectivity index (χ2n) is 8.32. The first-order valence-electron chi connectivity index (χ1n) is 11.7. The van der Waals surface area contributed by atoms with Crippen molar-refractivity contribution in [3.63, 3.8) is 0 Å². The number of nitrogens with zero attached hydrogens (tertiary/aromatic N) is 4. The smallest absolute Gasteiger partial charge is 0.329 e. The number of anilines is 1. The van der Waals surface area contributed by atoms with Crippen molar-refractivity contribution < 1.29 is 24.0 Å². The van der Waals surface area contributed by atoms with Gasteiger partial charge in [-0.25, -0.2) is 4.98 Å². The normalized spacial score (nSPS) is 16.0. The molecule has 0 radical (unpaired) electrons. The van der Waals surface area contributed by atoms with Gasteiger partial charge in [-0.3, -0.25) is 19.7 Å². The molecule has 2 fully saturated rings. The summed E-state index contributed by atoms with van der Waals surface area (Å²) < 4.78 is 9.18. The molecule has 1 heterocycles. The molecule has 0 unspecified atom stereocenters. The summed E-state index contributed by atoms with van der Waals surface area (Å²) in [6.07, 6.45) is 10.8. The molecule has 12 heteroatoms. The minimum atomic E-state index is -0.536. The third kappa shape index (κ3) is 9.02. The van der Waals surface area contributed by atoms with Gasteiger partial charge in [0.2, 0.25) is 11.1 Å². The molecule has 0 bridgehead atoms. The van der Waals surface area contributed by atoms with Gasteiger partial charge in [0.1, 0.15) is 6.20 Å². The highest BCUT2D eigenvalue weighted by molar-refractivity contribution is 6.28. The predicted octanol–water partition coefficient (Wildman–Crippen LogP) is 3.43.